The third kappa shape index (κ3) is 3.50. The van der Waals surface area contributed by atoms with E-state index in [1.54, 1.807) is 18.2 Å². The van der Waals surface area contributed by atoms with E-state index in [0.29, 0.717) is 17.0 Å². The van der Waals surface area contributed by atoms with Crippen LogP contribution in [-0.4, -0.2) is 35.1 Å². The number of amides is 1. The van der Waals surface area contributed by atoms with Crippen molar-refractivity contribution in [3.8, 4) is 0 Å². The molecular formula is C14H17BrClNO2. The molecule has 0 saturated carbocycles. The molecule has 1 unspecified atom stereocenters. The van der Waals surface area contributed by atoms with Crippen molar-refractivity contribution in [1.29, 1.82) is 0 Å². The first-order valence-electron chi connectivity index (χ1n) is 6.50. The molecule has 19 heavy (non-hydrogen) atoms. The fourth-order valence-electron chi connectivity index (χ4n) is 2.53. The van der Waals surface area contributed by atoms with Gasteiger partial charge in [0.15, 0.2) is 0 Å². The molecule has 104 valence electrons. The van der Waals surface area contributed by atoms with E-state index in [1.807, 2.05) is 4.90 Å². The van der Waals surface area contributed by atoms with Gasteiger partial charge in [-0.25, -0.2) is 0 Å². The lowest BCUT2D eigenvalue weighted by Gasteiger charge is -2.35. The van der Waals surface area contributed by atoms with Gasteiger partial charge < -0.3 is 10.0 Å². The second-order valence-corrected chi connectivity index (χ2v) is 6.08. The number of aliphatic hydroxyl groups excluding tert-OH is 1. The number of rotatable bonds is 3. The first-order chi connectivity index (χ1) is 9.13. The largest absolute Gasteiger partial charge is 0.396 e. The second kappa shape index (κ2) is 6.73. The quantitative estimate of drug-likeness (QED) is 0.910. The van der Waals surface area contributed by atoms with Crippen LogP contribution < -0.4 is 0 Å². The van der Waals surface area contributed by atoms with Gasteiger partial charge in [-0.2, -0.15) is 0 Å². The molecule has 0 spiro atoms. The number of halogens is 2. The van der Waals surface area contributed by atoms with E-state index >= 15 is 0 Å². The van der Waals surface area contributed by atoms with Crippen LogP contribution in [0, 0.1) is 0 Å². The average molecular weight is 347 g/mol. The molecule has 0 bridgehead atoms. The van der Waals surface area contributed by atoms with Crippen molar-refractivity contribution in [2.24, 2.45) is 0 Å². The van der Waals surface area contributed by atoms with Gasteiger partial charge in [0.1, 0.15) is 0 Å². The summed E-state index contributed by atoms with van der Waals surface area (Å²) >= 11 is 9.29. The van der Waals surface area contributed by atoms with Gasteiger partial charge in [-0.05, 0) is 59.8 Å². The highest BCUT2D eigenvalue weighted by Crippen LogP contribution is 2.26. The molecule has 1 aromatic rings. The number of carbonyl (C=O) groups is 1. The SMILES string of the molecule is O=C(c1ccc(Cl)cc1Br)N1CCCCC1CCO. The molecule has 1 atom stereocenters. The van der Waals surface area contributed by atoms with Crippen molar-refractivity contribution in [2.45, 2.75) is 31.7 Å². The van der Waals surface area contributed by atoms with Crippen LogP contribution in [-0.2, 0) is 0 Å². The van der Waals surface area contributed by atoms with E-state index in [2.05, 4.69) is 15.9 Å². The minimum atomic E-state index is 0.0155. The van der Waals surface area contributed by atoms with Crippen molar-refractivity contribution >= 4 is 33.4 Å². The van der Waals surface area contributed by atoms with E-state index in [-0.39, 0.29) is 18.6 Å². The second-order valence-electron chi connectivity index (χ2n) is 4.78. The van der Waals surface area contributed by atoms with Crippen molar-refractivity contribution in [3.63, 3.8) is 0 Å². The minimum absolute atomic E-state index is 0.0155. The van der Waals surface area contributed by atoms with E-state index in [9.17, 15) is 4.79 Å². The molecule has 1 aliphatic heterocycles. The van der Waals surface area contributed by atoms with Crippen LogP contribution in [0.25, 0.3) is 0 Å². The third-order valence-corrected chi connectivity index (χ3v) is 4.40. The van der Waals surface area contributed by atoms with Gasteiger partial charge in [0, 0.05) is 28.7 Å². The molecule has 1 saturated heterocycles. The number of aliphatic hydroxyl groups is 1. The molecule has 1 heterocycles. The molecule has 0 aliphatic carbocycles. The van der Waals surface area contributed by atoms with Crippen LogP contribution in [0.1, 0.15) is 36.0 Å². The van der Waals surface area contributed by atoms with E-state index in [4.69, 9.17) is 16.7 Å². The van der Waals surface area contributed by atoms with Crippen LogP contribution in [0.2, 0.25) is 5.02 Å². The van der Waals surface area contributed by atoms with Gasteiger partial charge in [-0.15, -0.1) is 0 Å². The summed E-state index contributed by atoms with van der Waals surface area (Å²) in [4.78, 5) is 14.5. The summed E-state index contributed by atoms with van der Waals surface area (Å²) < 4.78 is 0.721. The van der Waals surface area contributed by atoms with Gasteiger partial charge >= 0.3 is 0 Å². The van der Waals surface area contributed by atoms with Crippen LogP contribution in [0.3, 0.4) is 0 Å². The Bertz CT molecular complexity index is 465. The molecule has 0 radical (unpaired) electrons. The zero-order valence-electron chi connectivity index (χ0n) is 10.6. The van der Waals surface area contributed by atoms with Gasteiger partial charge in [0.25, 0.3) is 5.91 Å². The third-order valence-electron chi connectivity index (χ3n) is 3.51. The number of hydrogen-bond acceptors (Lipinski definition) is 2. The maximum atomic E-state index is 12.6. The van der Waals surface area contributed by atoms with Gasteiger partial charge in [-0.1, -0.05) is 11.6 Å². The predicted molar refractivity (Wildman–Crippen MR) is 79.5 cm³/mol. The first-order valence-corrected chi connectivity index (χ1v) is 7.67. The van der Waals surface area contributed by atoms with Crippen LogP contribution >= 0.6 is 27.5 Å². The van der Waals surface area contributed by atoms with Gasteiger partial charge in [0.05, 0.1) is 5.56 Å². The van der Waals surface area contributed by atoms with Crippen molar-refractivity contribution < 1.29 is 9.90 Å². The van der Waals surface area contributed by atoms with E-state index in [0.717, 1.165) is 30.3 Å². The Morgan fingerprint density at radius 1 is 1.47 bits per heavy atom. The van der Waals surface area contributed by atoms with Gasteiger partial charge in [-0.3, -0.25) is 4.79 Å². The summed E-state index contributed by atoms with van der Waals surface area (Å²) in [5, 5.41) is 9.72. The lowest BCUT2D eigenvalue weighted by molar-refractivity contribution is 0.0573. The number of benzene rings is 1. The van der Waals surface area contributed by atoms with Crippen LogP contribution in [0.15, 0.2) is 22.7 Å². The Balaban J connectivity index is 2.21. The molecule has 1 aromatic carbocycles. The highest BCUT2D eigenvalue weighted by Gasteiger charge is 2.27. The highest BCUT2D eigenvalue weighted by molar-refractivity contribution is 9.10. The standard InChI is InChI=1S/C14H17BrClNO2/c15-13-9-10(16)4-5-12(13)14(19)17-7-2-1-3-11(17)6-8-18/h4-5,9,11,18H,1-3,6-8H2. The maximum absolute atomic E-state index is 12.6. The molecule has 3 nitrogen and oxygen atoms in total. The number of hydrogen-bond donors (Lipinski definition) is 1. The zero-order chi connectivity index (χ0) is 13.8. The topological polar surface area (TPSA) is 40.5 Å². The molecular weight excluding hydrogens is 330 g/mol. The molecule has 2 rings (SSSR count). The summed E-state index contributed by atoms with van der Waals surface area (Å²) in [7, 11) is 0. The Labute approximate surface area is 126 Å². The predicted octanol–water partition coefficient (Wildman–Crippen LogP) is 3.48. The van der Waals surface area contributed by atoms with Crippen molar-refractivity contribution in [2.75, 3.05) is 13.2 Å². The normalized spacial score (nSPS) is 19.5. The smallest absolute Gasteiger partial charge is 0.255 e. The number of nitrogens with zero attached hydrogens (tertiary/aromatic N) is 1. The number of carbonyl (C=O) groups excluding carboxylic acids is 1. The van der Waals surface area contributed by atoms with Crippen molar-refractivity contribution in [3.05, 3.63) is 33.3 Å². The minimum Gasteiger partial charge on any atom is -0.396 e. The highest BCUT2D eigenvalue weighted by atomic mass is 79.9. The number of likely N-dealkylation sites (tertiary alicyclic amines) is 1. The zero-order valence-corrected chi connectivity index (χ0v) is 13.0. The molecule has 5 heteroatoms. The molecule has 1 fully saturated rings. The fraction of sp³-hybridized carbons (Fsp3) is 0.500. The molecule has 1 aliphatic rings. The monoisotopic (exact) mass is 345 g/mol. The van der Waals surface area contributed by atoms with E-state index in [1.165, 1.54) is 0 Å². The summed E-state index contributed by atoms with van der Waals surface area (Å²) in [5.41, 5.74) is 0.634. The Kier molecular flexibility index (Phi) is 5.25. The maximum Gasteiger partial charge on any atom is 0.255 e. The molecule has 1 amide bonds. The van der Waals surface area contributed by atoms with Gasteiger partial charge in [0.2, 0.25) is 0 Å². The number of piperidine rings is 1. The summed E-state index contributed by atoms with van der Waals surface area (Å²) in [6.45, 7) is 0.884. The molecule has 1 N–H and O–H groups in total. The summed E-state index contributed by atoms with van der Waals surface area (Å²) in [6.07, 6.45) is 3.77. The average Bonchev–Trinajstić information content (AvgIpc) is 2.39. The lowest BCUT2D eigenvalue weighted by Crippen LogP contribution is -2.44. The van der Waals surface area contributed by atoms with Crippen LogP contribution in [0.4, 0.5) is 0 Å². The summed E-state index contributed by atoms with van der Waals surface area (Å²) in [6, 6.07) is 5.36. The van der Waals surface area contributed by atoms with Crippen molar-refractivity contribution in [1.82, 2.24) is 4.90 Å². The fourth-order valence-corrected chi connectivity index (χ4v) is 3.39. The van der Waals surface area contributed by atoms with E-state index < -0.39 is 0 Å². The Morgan fingerprint density at radius 3 is 2.95 bits per heavy atom. The Morgan fingerprint density at radius 2 is 2.26 bits per heavy atom. The Hall–Kier alpha value is -0.580. The van der Waals surface area contributed by atoms with Crippen LogP contribution in [0.5, 0.6) is 0 Å². The first kappa shape index (κ1) is 14.8. The lowest BCUT2D eigenvalue weighted by atomic mass is 9.98. The molecule has 0 aromatic heterocycles. The summed E-state index contributed by atoms with van der Waals surface area (Å²) in [5.74, 6) is 0.0155.